The minimum absolute atomic E-state index is 0.132. The van der Waals surface area contributed by atoms with E-state index in [4.69, 9.17) is 0 Å². The number of amides is 1. The second kappa shape index (κ2) is 9.60. The Hall–Kier alpha value is -2.95. The van der Waals surface area contributed by atoms with Gasteiger partial charge in [-0.05, 0) is 37.3 Å². The molecule has 0 aliphatic carbocycles. The number of nitrogens with one attached hydrogen (secondary N) is 2. The Morgan fingerprint density at radius 2 is 1.63 bits per heavy atom. The number of aryl methyl sites for hydroxylation is 1. The van der Waals surface area contributed by atoms with Gasteiger partial charge in [-0.15, -0.1) is 11.3 Å². The zero-order valence-electron chi connectivity index (χ0n) is 18.1. The van der Waals surface area contributed by atoms with Gasteiger partial charge in [0.05, 0.1) is 5.39 Å². The summed E-state index contributed by atoms with van der Waals surface area (Å²) < 4.78 is 23.6. The summed E-state index contributed by atoms with van der Waals surface area (Å²) in [5.74, 6) is -0.320. The van der Waals surface area contributed by atoms with Gasteiger partial charge < -0.3 is 30.2 Å². The summed E-state index contributed by atoms with van der Waals surface area (Å²) in [6.45, 7) is 1.79. The Kier molecular flexibility index (Phi) is 6.90. The normalized spacial score (nSPS) is 12.2. The van der Waals surface area contributed by atoms with Crippen molar-refractivity contribution in [1.82, 2.24) is 9.97 Å². The molecular formula is C21H20N4O7P2S. The van der Waals surface area contributed by atoms with Crippen molar-refractivity contribution in [3.8, 4) is 11.4 Å². The van der Waals surface area contributed by atoms with Gasteiger partial charge in [0.25, 0.3) is 5.91 Å². The Morgan fingerprint density at radius 1 is 0.943 bits per heavy atom. The van der Waals surface area contributed by atoms with Crippen LogP contribution < -0.4 is 10.6 Å². The number of hydrogen-bond acceptors (Lipinski definition) is 7. The van der Waals surface area contributed by atoms with Gasteiger partial charge in [-0.1, -0.05) is 30.3 Å². The van der Waals surface area contributed by atoms with E-state index in [-0.39, 0.29) is 17.5 Å². The van der Waals surface area contributed by atoms with Crippen LogP contribution in [0, 0.1) is 6.92 Å². The molecule has 6 N–H and O–H groups in total. The van der Waals surface area contributed by atoms with E-state index < -0.39 is 20.7 Å². The zero-order chi connectivity index (χ0) is 25.4. The third-order valence-electron chi connectivity index (χ3n) is 4.83. The van der Waals surface area contributed by atoms with Crippen LogP contribution in [0.3, 0.4) is 0 Å². The number of benzene rings is 2. The first-order valence-corrected chi connectivity index (χ1v) is 14.2. The van der Waals surface area contributed by atoms with E-state index in [0.29, 0.717) is 27.0 Å². The molecule has 0 atom stereocenters. The molecule has 0 spiro atoms. The molecule has 0 saturated heterocycles. The summed E-state index contributed by atoms with van der Waals surface area (Å²) in [4.78, 5) is 60.7. The molecule has 182 valence electrons. The van der Waals surface area contributed by atoms with E-state index >= 15 is 0 Å². The number of nitrogens with zero attached hydrogens (tertiary/aromatic N) is 2. The summed E-state index contributed by atoms with van der Waals surface area (Å²) in [5.41, 5.74) is -1.08. The van der Waals surface area contributed by atoms with Crippen molar-refractivity contribution in [3.63, 3.8) is 0 Å². The van der Waals surface area contributed by atoms with Gasteiger partial charge in [0.15, 0.2) is 5.82 Å². The predicted octanol–water partition coefficient (Wildman–Crippen LogP) is 3.97. The van der Waals surface area contributed by atoms with Gasteiger partial charge in [-0.25, -0.2) is 9.97 Å². The van der Waals surface area contributed by atoms with Crippen LogP contribution in [0.15, 0.2) is 60.7 Å². The van der Waals surface area contributed by atoms with E-state index in [1.165, 1.54) is 11.3 Å². The first-order chi connectivity index (χ1) is 16.4. The molecule has 4 aromatic rings. The number of carbonyl (C=O) groups is 1. The quantitative estimate of drug-likeness (QED) is 0.190. The summed E-state index contributed by atoms with van der Waals surface area (Å²) >= 11 is 1.28. The van der Waals surface area contributed by atoms with E-state index in [1.807, 2.05) is 0 Å². The van der Waals surface area contributed by atoms with E-state index in [1.54, 1.807) is 67.6 Å². The molecule has 4 rings (SSSR count). The number of fused-ring (bicyclic) bond motifs is 1. The lowest BCUT2D eigenvalue weighted by atomic mass is 10.1. The van der Waals surface area contributed by atoms with Crippen molar-refractivity contribution < 1.29 is 33.5 Å². The number of thiophene rings is 1. The van der Waals surface area contributed by atoms with E-state index in [9.17, 15) is 33.5 Å². The highest BCUT2D eigenvalue weighted by Gasteiger charge is 2.44. The standard InChI is InChI=1S/C21H20N4O7P2S/c1-12-10-16-18(25-21(33(27,28)29)34(30,31)32)23-17(24-20(16)35-12)14-8-5-9-15(11-14)22-19(26)13-6-3-2-4-7-13/h2-11,21H,1H3,(H,22,26)(H,23,24,25)(H2,27,28,29)(H2,30,31,32). The van der Waals surface area contributed by atoms with Crippen LogP contribution in [0.25, 0.3) is 21.6 Å². The smallest absolute Gasteiger partial charge is 0.346 e. The maximum absolute atomic E-state index is 12.5. The Labute approximate surface area is 203 Å². The maximum atomic E-state index is 12.5. The fourth-order valence-corrected chi connectivity index (χ4v) is 6.32. The molecular weight excluding hydrogens is 514 g/mol. The molecule has 0 saturated carbocycles. The zero-order valence-corrected chi connectivity index (χ0v) is 20.7. The third-order valence-corrected chi connectivity index (χ3v) is 9.12. The topological polar surface area (TPSA) is 182 Å². The minimum atomic E-state index is -5.25. The Morgan fingerprint density at radius 3 is 2.29 bits per heavy atom. The molecule has 0 unspecified atom stereocenters. The molecule has 2 aromatic carbocycles. The van der Waals surface area contributed by atoms with Crippen LogP contribution in [0.1, 0.15) is 15.2 Å². The number of anilines is 2. The number of hydrogen-bond donors (Lipinski definition) is 6. The average molecular weight is 534 g/mol. The van der Waals surface area contributed by atoms with Crippen molar-refractivity contribution in [3.05, 3.63) is 71.1 Å². The van der Waals surface area contributed by atoms with Gasteiger partial charge in [-0.3, -0.25) is 13.9 Å². The molecule has 0 aliphatic heterocycles. The van der Waals surface area contributed by atoms with E-state index in [0.717, 1.165) is 4.88 Å². The van der Waals surface area contributed by atoms with E-state index in [2.05, 4.69) is 20.6 Å². The number of carbonyl (C=O) groups excluding carboxylic acids is 1. The lowest BCUT2D eigenvalue weighted by Crippen LogP contribution is -2.21. The lowest BCUT2D eigenvalue weighted by molar-refractivity contribution is 0.102. The molecule has 0 aliphatic rings. The molecule has 2 aromatic heterocycles. The van der Waals surface area contributed by atoms with Gasteiger partial charge in [0.2, 0.25) is 5.52 Å². The van der Waals surface area contributed by atoms with Crippen molar-refractivity contribution in [1.29, 1.82) is 0 Å². The molecule has 1 amide bonds. The summed E-state index contributed by atoms with van der Waals surface area (Å²) in [7, 11) is -10.5. The fourth-order valence-electron chi connectivity index (χ4n) is 3.30. The van der Waals surface area contributed by atoms with Crippen LogP contribution in [0.4, 0.5) is 11.5 Å². The highest BCUT2D eigenvalue weighted by Crippen LogP contribution is 2.59. The first-order valence-electron chi connectivity index (χ1n) is 10.0. The van der Waals surface area contributed by atoms with Gasteiger partial charge in [0.1, 0.15) is 10.6 Å². The summed E-state index contributed by atoms with van der Waals surface area (Å²) in [6, 6.07) is 16.9. The van der Waals surface area contributed by atoms with Gasteiger partial charge in [0, 0.05) is 21.7 Å². The lowest BCUT2D eigenvalue weighted by Gasteiger charge is -2.21. The molecule has 35 heavy (non-hydrogen) atoms. The van der Waals surface area contributed by atoms with Crippen LogP contribution in [-0.4, -0.2) is 41.0 Å². The molecule has 0 fully saturated rings. The van der Waals surface area contributed by atoms with Crippen molar-refractivity contribution in [2.75, 3.05) is 10.6 Å². The highest BCUT2D eigenvalue weighted by molar-refractivity contribution is 7.71. The van der Waals surface area contributed by atoms with Crippen LogP contribution in [0.5, 0.6) is 0 Å². The second-order valence-corrected chi connectivity index (χ2v) is 12.6. The van der Waals surface area contributed by atoms with Crippen molar-refractivity contribution in [2.45, 2.75) is 12.4 Å². The molecule has 0 radical (unpaired) electrons. The number of rotatable bonds is 7. The summed E-state index contributed by atoms with van der Waals surface area (Å²) in [6.07, 6.45) is 0. The van der Waals surface area contributed by atoms with Crippen molar-refractivity contribution in [2.24, 2.45) is 0 Å². The first kappa shape index (κ1) is 25.2. The molecule has 2 heterocycles. The van der Waals surface area contributed by atoms with Gasteiger partial charge >= 0.3 is 15.2 Å². The molecule has 0 bridgehead atoms. The third kappa shape index (κ3) is 5.83. The Balaban J connectivity index is 1.74. The Bertz CT molecular complexity index is 1480. The second-order valence-electron chi connectivity index (χ2n) is 7.57. The van der Waals surface area contributed by atoms with Crippen LogP contribution in [-0.2, 0) is 9.13 Å². The van der Waals surface area contributed by atoms with Crippen LogP contribution >= 0.6 is 26.5 Å². The predicted molar refractivity (Wildman–Crippen MR) is 133 cm³/mol. The maximum Gasteiger partial charge on any atom is 0.360 e. The summed E-state index contributed by atoms with van der Waals surface area (Å²) in [5, 5.41) is 5.39. The minimum Gasteiger partial charge on any atom is -0.346 e. The molecule has 11 nitrogen and oxygen atoms in total. The monoisotopic (exact) mass is 534 g/mol. The highest BCUT2D eigenvalue weighted by atomic mass is 32.1. The fraction of sp³-hybridized carbons (Fsp3) is 0.0952. The number of aromatic nitrogens is 2. The van der Waals surface area contributed by atoms with Gasteiger partial charge in [-0.2, -0.15) is 0 Å². The average Bonchev–Trinajstić information content (AvgIpc) is 3.16. The largest absolute Gasteiger partial charge is 0.360 e. The SMILES string of the molecule is Cc1cc2c(NC(P(=O)(O)O)P(=O)(O)O)nc(-c3cccc(NC(=O)c4ccccc4)c3)nc2s1. The van der Waals surface area contributed by atoms with Crippen LogP contribution in [0.2, 0.25) is 0 Å². The van der Waals surface area contributed by atoms with Crippen molar-refractivity contribution >= 4 is 54.2 Å². The molecule has 14 heteroatoms.